The summed E-state index contributed by atoms with van der Waals surface area (Å²) in [5.41, 5.74) is 0. The Morgan fingerprint density at radius 3 is 1.43 bits per heavy atom. The number of aliphatic hydroxyl groups excluding tert-OH is 3. The average molecular weight is 747 g/mol. The molecular formula is C25H49O19P3. The molecule has 1 saturated carbocycles. The van der Waals surface area contributed by atoms with Crippen molar-refractivity contribution in [2.75, 3.05) is 13.2 Å². The molecule has 1 fully saturated rings. The lowest BCUT2D eigenvalue weighted by molar-refractivity contribution is -0.213. The molecule has 0 aromatic carbocycles. The van der Waals surface area contributed by atoms with Gasteiger partial charge in [0.1, 0.15) is 43.2 Å². The number of carbonyl (C=O) groups is 2. The second kappa shape index (κ2) is 21.4. The van der Waals surface area contributed by atoms with Crippen molar-refractivity contribution < 1.29 is 90.6 Å². The number of phosphoric acid groups is 3. The van der Waals surface area contributed by atoms with Gasteiger partial charge in [-0.15, -0.1) is 0 Å². The van der Waals surface area contributed by atoms with Crippen LogP contribution in [-0.4, -0.2) is 108 Å². The summed E-state index contributed by atoms with van der Waals surface area (Å²) >= 11 is 0. The summed E-state index contributed by atoms with van der Waals surface area (Å²) in [5.74, 6) is -1.34. The van der Waals surface area contributed by atoms with Gasteiger partial charge in [0.15, 0.2) is 6.10 Å². The van der Waals surface area contributed by atoms with Gasteiger partial charge in [-0.2, -0.15) is 0 Å². The number of esters is 2. The van der Waals surface area contributed by atoms with Gasteiger partial charge in [-0.3, -0.25) is 27.7 Å². The van der Waals surface area contributed by atoms with Crippen molar-refractivity contribution in [1.82, 2.24) is 0 Å². The van der Waals surface area contributed by atoms with Crippen molar-refractivity contribution in [2.45, 2.75) is 134 Å². The first-order valence-corrected chi connectivity index (χ1v) is 19.9. The second-order valence-electron chi connectivity index (χ2n) is 11.1. The standard InChI is InChI=1S/C25H49O19P3/c1-3-5-7-9-11-13-18(26)39-15-17(41-19(27)14-12-10-8-6-4-2)16-40-47(37,38)44-25-21(29)23(42-45(31,32)33)20(28)24(22(25)30)43-46(34,35)36/h17,20-25,28-30H,3-16H2,1-2H3,(H,37,38)(H2,31,32,33)(H2,34,35,36)/t17-,20?,21-,22+,23-,24+,25?/m0/s1. The SMILES string of the molecule is CCCCCCCC(=O)OC[C@@H](COP(=O)(O)OC1[C@@H](O)[C@@H](OP(=O)(O)O)C(O)[C@@H](OP(=O)(O)O)[C@H]1O)OC(=O)CCCCCCC. The van der Waals surface area contributed by atoms with Gasteiger partial charge in [-0.05, 0) is 12.8 Å². The van der Waals surface area contributed by atoms with Crippen molar-refractivity contribution >= 4 is 35.4 Å². The number of carbonyl (C=O) groups excluding carboxylic acids is 2. The third-order valence-corrected chi connectivity index (χ3v) is 8.93. The van der Waals surface area contributed by atoms with Crippen molar-refractivity contribution in [3.63, 3.8) is 0 Å². The highest BCUT2D eigenvalue weighted by atomic mass is 31.2. The summed E-state index contributed by atoms with van der Waals surface area (Å²) in [6.07, 6.45) is -7.85. The van der Waals surface area contributed by atoms with Crippen molar-refractivity contribution in [2.24, 2.45) is 0 Å². The Labute approximate surface area is 272 Å². The van der Waals surface area contributed by atoms with Gasteiger partial charge in [0.05, 0.1) is 6.61 Å². The molecule has 0 amide bonds. The fraction of sp³-hybridized carbons (Fsp3) is 0.920. The summed E-state index contributed by atoms with van der Waals surface area (Å²) in [4.78, 5) is 71.6. The van der Waals surface area contributed by atoms with Crippen LogP contribution in [0, 0.1) is 0 Å². The summed E-state index contributed by atoms with van der Waals surface area (Å²) < 4.78 is 64.2. The van der Waals surface area contributed by atoms with E-state index in [-0.39, 0.29) is 12.8 Å². The van der Waals surface area contributed by atoms with E-state index in [1.165, 1.54) is 0 Å². The topological polar surface area (TPSA) is 303 Å². The number of phosphoric ester groups is 3. The third-order valence-electron chi connectivity index (χ3n) is 6.91. The van der Waals surface area contributed by atoms with Crippen LogP contribution in [0.5, 0.6) is 0 Å². The molecule has 0 aromatic rings. The Kier molecular flexibility index (Phi) is 20.1. The molecule has 0 bridgehead atoms. The number of hydrogen-bond donors (Lipinski definition) is 8. The maximum absolute atomic E-state index is 12.9. The minimum atomic E-state index is -5.53. The highest BCUT2D eigenvalue weighted by Gasteiger charge is 2.56. The molecule has 8 N–H and O–H groups in total. The number of rotatable bonds is 24. The molecular weight excluding hydrogens is 697 g/mol. The van der Waals surface area contributed by atoms with Crippen molar-refractivity contribution in [3.05, 3.63) is 0 Å². The van der Waals surface area contributed by atoms with Gasteiger partial charge in [0.25, 0.3) is 0 Å². The van der Waals surface area contributed by atoms with Gasteiger partial charge in [0, 0.05) is 12.8 Å². The number of aliphatic hydroxyl groups is 3. The molecule has 278 valence electrons. The molecule has 8 atom stereocenters. The highest BCUT2D eigenvalue weighted by Crippen LogP contribution is 2.51. The van der Waals surface area contributed by atoms with E-state index >= 15 is 0 Å². The average Bonchev–Trinajstić information content (AvgIpc) is 2.96. The van der Waals surface area contributed by atoms with E-state index in [0.29, 0.717) is 12.8 Å². The van der Waals surface area contributed by atoms with Crippen LogP contribution in [-0.2, 0) is 50.9 Å². The van der Waals surface area contributed by atoms with Crippen LogP contribution in [0.3, 0.4) is 0 Å². The molecule has 0 radical (unpaired) electrons. The van der Waals surface area contributed by atoms with E-state index in [4.69, 9.17) is 38.1 Å². The minimum Gasteiger partial charge on any atom is -0.462 e. The third kappa shape index (κ3) is 18.6. The van der Waals surface area contributed by atoms with E-state index in [1.54, 1.807) is 0 Å². The van der Waals surface area contributed by atoms with Gasteiger partial charge < -0.3 is 49.3 Å². The maximum atomic E-state index is 12.9. The van der Waals surface area contributed by atoms with E-state index in [9.17, 15) is 43.5 Å². The molecule has 19 nitrogen and oxygen atoms in total. The maximum Gasteiger partial charge on any atom is 0.472 e. The summed E-state index contributed by atoms with van der Waals surface area (Å²) in [5, 5.41) is 31.4. The van der Waals surface area contributed by atoms with Gasteiger partial charge in [-0.1, -0.05) is 65.2 Å². The molecule has 1 aliphatic carbocycles. The van der Waals surface area contributed by atoms with Crippen LogP contribution in [0.15, 0.2) is 0 Å². The summed E-state index contributed by atoms with van der Waals surface area (Å²) in [6, 6.07) is 0. The van der Waals surface area contributed by atoms with Crippen LogP contribution < -0.4 is 0 Å². The fourth-order valence-corrected chi connectivity index (χ4v) is 6.69. The quantitative estimate of drug-likeness (QED) is 0.0396. The van der Waals surface area contributed by atoms with E-state index in [0.717, 1.165) is 51.4 Å². The highest BCUT2D eigenvalue weighted by molar-refractivity contribution is 7.47. The first kappa shape index (κ1) is 44.2. The molecule has 47 heavy (non-hydrogen) atoms. The Hall–Kier alpha value is -0.850. The van der Waals surface area contributed by atoms with Gasteiger partial charge in [-0.25, -0.2) is 13.7 Å². The smallest absolute Gasteiger partial charge is 0.462 e. The second-order valence-corrected chi connectivity index (χ2v) is 14.8. The first-order valence-electron chi connectivity index (χ1n) is 15.3. The number of hydrogen-bond acceptors (Lipinski definition) is 14. The van der Waals surface area contributed by atoms with Crippen LogP contribution in [0.2, 0.25) is 0 Å². The predicted molar refractivity (Wildman–Crippen MR) is 160 cm³/mol. The molecule has 0 spiro atoms. The van der Waals surface area contributed by atoms with E-state index in [2.05, 4.69) is 9.05 Å². The van der Waals surface area contributed by atoms with Crippen LogP contribution >= 0.6 is 23.5 Å². The van der Waals surface area contributed by atoms with Crippen LogP contribution in [0.4, 0.5) is 0 Å². The van der Waals surface area contributed by atoms with Gasteiger partial charge >= 0.3 is 35.4 Å². The zero-order valence-corrected chi connectivity index (χ0v) is 29.0. The molecule has 0 heterocycles. The van der Waals surface area contributed by atoms with Gasteiger partial charge in [0.2, 0.25) is 0 Å². The Morgan fingerprint density at radius 2 is 1.00 bits per heavy atom. The largest absolute Gasteiger partial charge is 0.472 e. The molecule has 0 aliphatic heterocycles. The monoisotopic (exact) mass is 746 g/mol. The summed E-state index contributed by atoms with van der Waals surface area (Å²) in [6.45, 7) is 2.56. The Bertz CT molecular complexity index is 1040. The normalized spacial score (nSPS) is 25.6. The van der Waals surface area contributed by atoms with Crippen molar-refractivity contribution in [1.29, 1.82) is 0 Å². The lowest BCUT2D eigenvalue weighted by Gasteiger charge is -2.44. The Balaban J connectivity index is 3.01. The van der Waals surface area contributed by atoms with Crippen molar-refractivity contribution in [3.8, 4) is 0 Å². The zero-order chi connectivity index (χ0) is 35.8. The fourth-order valence-electron chi connectivity index (χ4n) is 4.58. The molecule has 22 heteroatoms. The minimum absolute atomic E-state index is 0.0103. The molecule has 3 unspecified atom stereocenters. The molecule has 1 aliphatic rings. The first-order chi connectivity index (χ1) is 21.8. The Morgan fingerprint density at radius 1 is 0.596 bits per heavy atom. The predicted octanol–water partition coefficient (Wildman–Crippen LogP) is 1.72. The molecule has 0 aromatic heterocycles. The zero-order valence-electron chi connectivity index (χ0n) is 26.4. The number of ether oxygens (including phenoxy) is 2. The summed E-state index contributed by atoms with van der Waals surface area (Å²) in [7, 11) is -16.5. The molecule has 0 saturated heterocycles. The van der Waals surface area contributed by atoms with Crippen LogP contribution in [0.25, 0.3) is 0 Å². The van der Waals surface area contributed by atoms with Crippen LogP contribution in [0.1, 0.15) is 90.9 Å². The lowest BCUT2D eigenvalue weighted by Crippen LogP contribution is -2.65. The van der Waals surface area contributed by atoms with E-state index < -0.39 is 91.3 Å². The molecule has 1 rings (SSSR count). The van der Waals surface area contributed by atoms with E-state index in [1.807, 2.05) is 13.8 Å². The number of unbranched alkanes of at least 4 members (excludes halogenated alkanes) is 8. The lowest BCUT2D eigenvalue weighted by atomic mass is 9.85.